The van der Waals surface area contributed by atoms with Crippen LogP contribution in [0.15, 0.2) is 6.33 Å². The van der Waals surface area contributed by atoms with Crippen molar-refractivity contribution in [2.24, 2.45) is 5.73 Å². The third-order valence-electron chi connectivity index (χ3n) is 2.36. The van der Waals surface area contributed by atoms with Crippen molar-refractivity contribution in [2.75, 3.05) is 13.2 Å². The Morgan fingerprint density at radius 1 is 1.75 bits per heavy atom. The minimum absolute atomic E-state index is 0.0309. The number of ether oxygens (including phenoxy) is 1. The van der Waals surface area contributed by atoms with E-state index in [0.29, 0.717) is 12.1 Å². The Morgan fingerprint density at radius 3 is 3.31 bits per heavy atom. The Kier molecular flexibility index (Phi) is 3.18. The summed E-state index contributed by atoms with van der Waals surface area (Å²) in [5, 5.41) is 11.2. The van der Waals surface area contributed by atoms with Crippen LogP contribution in [0.1, 0.15) is 16.2 Å². The second kappa shape index (κ2) is 4.60. The standard InChI is InChI=1S/C9H14N4O3/c10-7-3-6-8(9(15)12-7)11-4-13(6)5-16-2-1-14/h4,7,14H,1-3,5,10H2,(H,12,15). The number of aliphatic hydroxyl groups excluding tert-OH is 1. The summed E-state index contributed by atoms with van der Waals surface area (Å²) < 4.78 is 6.89. The van der Waals surface area contributed by atoms with Crippen LogP contribution in [0.3, 0.4) is 0 Å². The van der Waals surface area contributed by atoms with E-state index in [-0.39, 0.29) is 32.0 Å². The summed E-state index contributed by atoms with van der Waals surface area (Å²) >= 11 is 0. The van der Waals surface area contributed by atoms with Crippen molar-refractivity contribution in [3.8, 4) is 0 Å². The lowest BCUT2D eigenvalue weighted by Crippen LogP contribution is -2.47. The number of aromatic nitrogens is 2. The van der Waals surface area contributed by atoms with Crippen molar-refractivity contribution in [3.05, 3.63) is 17.7 Å². The Hall–Kier alpha value is -1.44. The first-order chi connectivity index (χ1) is 7.72. The van der Waals surface area contributed by atoms with Crippen molar-refractivity contribution in [1.29, 1.82) is 0 Å². The van der Waals surface area contributed by atoms with Crippen molar-refractivity contribution in [2.45, 2.75) is 19.3 Å². The van der Waals surface area contributed by atoms with Gasteiger partial charge < -0.3 is 25.5 Å². The van der Waals surface area contributed by atoms with Gasteiger partial charge in [-0.1, -0.05) is 0 Å². The smallest absolute Gasteiger partial charge is 0.272 e. The fourth-order valence-electron chi connectivity index (χ4n) is 1.65. The molecule has 16 heavy (non-hydrogen) atoms. The molecule has 0 saturated carbocycles. The molecule has 1 unspecified atom stereocenters. The number of hydrogen-bond acceptors (Lipinski definition) is 5. The molecule has 7 heteroatoms. The quantitative estimate of drug-likeness (QED) is 0.538. The maximum Gasteiger partial charge on any atom is 0.272 e. The molecule has 2 rings (SSSR count). The number of hydrogen-bond donors (Lipinski definition) is 3. The summed E-state index contributed by atoms with van der Waals surface area (Å²) in [5.41, 5.74) is 6.84. The van der Waals surface area contributed by atoms with E-state index in [2.05, 4.69) is 10.3 Å². The van der Waals surface area contributed by atoms with Crippen LogP contribution < -0.4 is 11.1 Å². The number of nitrogens with two attached hydrogens (primary N) is 1. The average Bonchev–Trinajstić information content (AvgIpc) is 2.62. The number of carbonyl (C=O) groups excluding carboxylic acids is 1. The molecule has 1 amide bonds. The van der Waals surface area contributed by atoms with Gasteiger partial charge in [-0.05, 0) is 0 Å². The monoisotopic (exact) mass is 226 g/mol. The molecule has 0 aliphatic carbocycles. The number of rotatable bonds is 4. The van der Waals surface area contributed by atoms with Gasteiger partial charge in [-0.15, -0.1) is 0 Å². The van der Waals surface area contributed by atoms with Crippen LogP contribution >= 0.6 is 0 Å². The lowest BCUT2D eigenvalue weighted by molar-refractivity contribution is 0.0464. The molecule has 1 aromatic rings. The number of carbonyl (C=O) groups is 1. The van der Waals surface area contributed by atoms with E-state index in [4.69, 9.17) is 15.6 Å². The molecule has 1 aliphatic rings. The lowest BCUT2D eigenvalue weighted by Gasteiger charge is -2.20. The Labute approximate surface area is 92.2 Å². The first-order valence-corrected chi connectivity index (χ1v) is 5.01. The molecule has 0 fully saturated rings. The maximum atomic E-state index is 11.5. The van der Waals surface area contributed by atoms with Gasteiger partial charge in [0.05, 0.1) is 31.4 Å². The molecule has 1 aromatic heterocycles. The minimum atomic E-state index is -0.381. The van der Waals surface area contributed by atoms with Crippen molar-refractivity contribution >= 4 is 5.91 Å². The molecule has 4 N–H and O–H groups in total. The number of aliphatic hydroxyl groups is 1. The fourth-order valence-corrected chi connectivity index (χ4v) is 1.65. The molecule has 0 radical (unpaired) electrons. The Bertz CT molecular complexity index is 390. The zero-order valence-electron chi connectivity index (χ0n) is 8.72. The molecule has 0 saturated heterocycles. The number of amides is 1. The molecule has 88 valence electrons. The number of fused-ring (bicyclic) bond motifs is 1. The van der Waals surface area contributed by atoms with Crippen molar-refractivity contribution in [1.82, 2.24) is 14.9 Å². The third-order valence-corrected chi connectivity index (χ3v) is 2.36. The number of nitrogens with one attached hydrogen (secondary N) is 1. The summed E-state index contributed by atoms with van der Waals surface area (Å²) in [6.07, 6.45) is 1.69. The van der Waals surface area contributed by atoms with Crippen LogP contribution in [-0.4, -0.2) is 39.9 Å². The van der Waals surface area contributed by atoms with Crippen LogP contribution in [0, 0.1) is 0 Å². The normalized spacial score (nSPS) is 19.4. The van der Waals surface area contributed by atoms with E-state index in [1.807, 2.05) is 0 Å². The van der Waals surface area contributed by atoms with E-state index in [1.165, 1.54) is 0 Å². The second-order valence-electron chi connectivity index (χ2n) is 3.55. The van der Waals surface area contributed by atoms with Crippen LogP contribution in [-0.2, 0) is 17.9 Å². The molecular formula is C9H14N4O3. The van der Waals surface area contributed by atoms with Crippen molar-refractivity contribution < 1.29 is 14.6 Å². The van der Waals surface area contributed by atoms with E-state index in [0.717, 1.165) is 5.69 Å². The molecule has 0 bridgehead atoms. The Morgan fingerprint density at radius 2 is 2.56 bits per heavy atom. The largest absolute Gasteiger partial charge is 0.394 e. The highest BCUT2D eigenvalue weighted by atomic mass is 16.5. The predicted molar refractivity (Wildman–Crippen MR) is 54.4 cm³/mol. The highest BCUT2D eigenvalue weighted by Gasteiger charge is 2.26. The Balaban J connectivity index is 2.13. The fraction of sp³-hybridized carbons (Fsp3) is 0.556. The van der Waals surface area contributed by atoms with E-state index < -0.39 is 0 Å². The molecule has 1 aliphatic heterocycles. The van der Waals surface area contributed by atoms with Gasteiger partial charge in [-0.3, -0.25) is 4.79 Å². The summed E-state index contributed by atoms with van der Waals surface area (Å²) in [6, 6.07) is 0. The first-order valence-electron chi connectivity index (χ1n) is 5.01. The highest BCUT2D eigenvalue weighted by molar-refractivity contribution is 5.94. The molecule has 0 aromatic carbocycles. The highest BCUT2D eigenvalue weighted by Crippen LogP contribution is 2.13. The van der Waals surface area contributed by atoms with Gasteiger partial charge in [0.2, 0.25) is 0 Å². The summed E-state index contributed by atoms with van der Waals surface area (Å²) in [7, 11) is 0. The summed E-state index contributed by atoms with van der Waals surface area (Å²) in [5.74, 6) is -0.255. The zero-order valence-corrected chi connectivity index (χ0v) is 8.72. The second-order valence-corrected chi connectivity index (χ2v) is 3.55. The van der Waals surface area contributed by atoms with Crippen molar-refractivity contribution in [3.63, 3.8) is 0 Å². The number of imidazole rings is 1. The average molecular weight is 226 g/mol. The first kappa shape index (κ1) is 11.1. The SMILES string of the molecule is NC1Cc2c(ncn2COCCO)C(=O)N1. The maximum absolute atomic E-state index is 11.5. The van der Waals surface area contributed by atoms with E-state index in [9.17, 15) is 4.79 Å². The molecule has 0 spiro atoms. The zero-order chi connectivity index (χ0) is 11.5. The van der Waals surface area contributed by atoms with Gasteiger partial charge in [-0.2, -0.15) is 0 Å². The van der Waals surface area contributed by atoms with Crippen LogP contribution in [0.2, 0.25) is 0 Å². The topological polar surface area (TPSA) is 102 Å². The minimum Gasteiger partial charge on any atom is -0.394 e. The van der Waals surface area contributed by atoms with Gasteiger partial charge in [0.25, 0.3) is 5.91 Å². The van der Waals surface area contributed by atoms with E-state index >= 15 is 0 Å². The van der Waals surface area contributed by atoms with Gasteiger partial charge in [0.1, 0.15) is 12.4 Å². The summed E-state index contributed by atoms with van der Waals surface area (Å²) in [6.45, 7) is 0.491. The summed E-state index contributed by atoms with van der Waals surface area (Å²) in [4.78, 5) is 15.5. The van der Waals surface area contributed by atoms with Crippen LogP contribution in [0.5, 0.6) is 0 Å². The van der Waals surface area contributed by atoms with E-state index in [1.54, 1.807) is 10.9 Å². The van der Waals surface area contributed by atoms with Gasteiger partial charge >= 0.3 is 0 Å². The van der Waals surface area contributed by atoms with Gasteiger partial charge in [0.15, 0.2) is 0 Å². The number of nitrogens with zero attached hydrogens (tertiary/aromatic N) is 2. The van der Waals surface area contributed by atoms with Gasteiger partial charge in [-0.25, -0.2) is 4.98 Å². The molecular weight excluding hydrogens is 212 g/mol. The predicted octanol–water partition coefficient (Wildman–Crippen LogP) is -1.58. The molecule has 2 heterocycles. The third kappa shape index (κ3) is 2.06. The lowest BCUT2D eigenvalue weighted by atomic mass is 10.1. The van der Waals surface area contributed by atoms with Crippen LogP contribution in [0.25, 0.3) is 0 Å². The molecule has 7 nitrogen and oxygen atoms in total. The van der Waals surface area contributed by atoms with Crippen LogP contribution in [0.4, 0.5) is 0 Å². The van der Waals surface area contributed by atoms with Gasteiger partial charge in [0, 0.05) is 6.42 Å². The molecule has 1 atom stereocenters.